The summed E-state index contributed by atoms with van der Waals surface area (Å²) in [6.45, 7) is 6.20. The van der Waals surface area contributed by atoms with Gasteiger partial charge in [0, 0.05) is 6.42 Å². The summed E-state index contributed by atoms with van der Waals surface area (Å²) >= 11 is 0. The molecular weight excluding hydrogens is 245 g/mol. The number of hydrogen-bond donors (Lipinski definition) is 1. The molecule has 1 aromatic carbocycles. The van der Waals surface area contributed by atoms with Gasteiger partial charge in [0.25, 0.3) is 0 Å². The second kappa shape index (κ2) is 7.89. The van der Waals surface area contributed by atoms with Crippen molar-refractivity contribution in [3.8, 4) is 0 Å². The van der Waals surface area contributed by atoms with Crippen molar-refractivity contribution < 1.29 is 14.0 Å². The molecule has 1 rings (SSSR count). The van der Waals surface area contributed by atoms with Gasteiger partial charge < -0.3 is 0 Å². The molecule has 19 heavy (non-hydrogen) atoms. The van der Waals surface area contributed by atoms with Crippen molar-refractivity contribution in [2.24, 2.45) is 0 Å². The third kappa shape index (κ3) is 4.63. The van der Waals surface area contributed by atoms with Gasteiger partial charge in [-0.3, -0.25) is 9.63 Å². The van der Waals surface area contributed by atoms with E-state index < -0.39 is 0 Å². The summed E-state index contributed by atoms with van der Waals surface area (Å²) in [6.07, 6.45) is 1.83. The molecule has 0 aliphatic rings. The van der Waals surface area contributed by atoms with E-state index in [2.05, 4.69) is 5.48 Å². The first kappa shape index (κ1) is 15.6. The van der Waals surface area contributed by atoms with Crippen LogP contribution < -0.4 is 5.48 Å². The third-order valence-corrected chi connectivity index (χ3v) is 3.18. The zero-order chi connectivity index (χ0) is 14.3. The van der Waals surface area contributed by atoms with E-state index in [4.69, 9.17) is 4.84 Å². The SMILES string of the molecule is CCONC(=O)CC(CC)c1ccc(F)c(CC)c1. The fourth-order valence-electron chi connectivity index (χ4n) is 2.04. The molecule has 1 N–H and O–H groups in total. The van der Waals surface area contributed by atoms with Crippen molar-refractivity contribution >= 4 is 5.91 Å². The maximum atomic E-state index is 13.5. The van der Waals surface area contributed by atoms with Gasteiger partial charge in [-0.25, -0.2) is 9.87 Å². The van der Waals surface area contributed by atoms with Crippen LogP contribution in [-0.2, 0) is 16.1 Å². The number of hydrogen-bond acceptors (Lipinski definition) is 2. The normalized spacial score (nSPS) is 12.2. The first-order valence-corrected chi connectivity index (χ1v) is 6.81. The molecule has 1 amide bonds. The molecule has 3 nitrogen and oxygen atoms in total. The fraction of sp³-hybridized carbons (Fsp3) is 0.533. The molecule has 4 heteroatoms. The Morgan fingerprint density at radius 3 is 2.68 bits per heavy atom. The number of carbonyl (C=O) groups excluding carboxylic acids is 1. The highest BCUT2D eigenvalue weighted by atomic mass is 19.1. The molecule has 0 aliphatic carbocycles. The molecule has 1 unspecified atom stereocenters. The van der Waals surface area contributed by atoms with E-state index in [9.17, 15) is 9.18 Å². The summed E-state index contributed by atoms with van der Waals surface area (Å²) in [6, 6.07) is 5.10. The summed E-state index contributed by atoms with van der Waals surface area (Å²) in [5, 5.41) is 0. The average Bonchev–Trinajstić information content (AvgIpc) is 2.43. The predicted octanol–water partition coefficient (Wildman–Crippen LogP) is 3.34. The molecule has 0 aromatic heterocycles. The van der Waals surface area contributed by atoms with Crippen LogP contribution in [0, 0.1) is 5.82 Å². The van der Waals surface area contributed by atoms with Crippen LogP contribution in [0.3, 0.4) is 0 Å². The van der Waals surface area contributed by atoms with E-state index in [-0.39, 0.29) is 17.6 Å². The molecule has 0 heterocycles. The molecule has 0 spiro atoms. The maximum Gasteiger partial charge on any atom is 0.244 e. The van der Waals surface area contributed by atoms with E-state index >= 15 is 0 Å². The van der Waals surface area contributed by atoms with Crippen LogP contribution in [0.15, 0.2) is 18.2 Å². The first-order valence-electron chi connectivity index (χ1n) is 6.81. The summed E-state index contributed by atoms with van der Waals surface area (Å²) in [5.74, 6) is -0.234. The lowest BCUT2D eigenvalue weighted by atomic mass is 9.91. The van der Waals surface area contributed by atoms with E-state index in [1.165, 1.54) is 6.07 Å². The lowest BCUT2D eigenvalue weighted by Crippen LogP contribution is -2.25. The van der Waals surface area contributed by atoms with Gasteiger partial charge in [0.2, 0.25) is 5.91 Å². The monoisotopic (exact) mass is 267 g/mol. The Morgan fingerprint density at radius 1 is 1.37 bits per heavy atom. The first-order chi connectivity index (χ1) is 9.12. The van der Waals surface area contributed by atoms with Crippen molar-refractivity contribution in [3.63, 3.8) is 0 Å². The summed E-state index contributed by atoms with van der Waals surface area (Å²) in [4.78, 5) is 16.5. The fourth-order valence-corrected chi connectivity index (χ4v) is 2.04. The van der Waals surface area contributed by atoms with Gasteiger partial charge in [0.05, 0.1) is 6.61 Å². The van der Waals surface area contributed by atoms with Crippen molar-refractivity contribution in [3.05, 3.63) is 35.1 Å². The quantitative estimate of drug-likeness (QED) is 0.769. The number of carbonyl (C=O) groups is 1. The van der Waals surface area contributed by atoms with Gasteiger partial charge in [-0.2, -0.15) is 0 Å². The summed E-state index contributed by atoms with van der Waals surface area (Å²) in [5.41, 5.74) is 4.10. The molecule has 0 fully saturated rings. The molecule has 0 bridgehead atoms. The van der Waals surface area contributed by atoms with E-state index in [1.807, 2.05) is 26.8 Å². The standard InChI is InChI=1S/C15H22FNO2/c1-4-11(10-15(18)17-19-6-3)13-7-8-14(16)12(5-2)9-13/h7-9,11H,4-6,10H2,1-3H3,(H,17,18). The zero-order valence-corrected chi connectivity index (χ0v) is 11.8. The van der Waals surface area contributed by atoms with Crippen molar-refractivity contribution in [1.29, 1.82) is 0 Å². The van der Waals surface area contributed by atoms with Crippen LogP contribution in [-0.4, -0.2) is 12.5 Å². The lowest BCUT2D eigenvalue weighted by Gasteiger charge is -2.16. The number of hydroxylamine groups is 1. The highest BCUT2D eigenvalue weighted by Crippen LogP contribution is 2.25. The van der Waals surface area contributed by atoms with Crippen LogP contribution in [0.5, 0.6) is 0 Å². The predicted molar refractivity (Wildman–Crippen MR) is 73.2 cm³/mol. The number of aryl methyl sites for hydroxylation is 1. The molecule has 1 aromatic rings. The van der Waals surface area contributed by atoms with Gasteiger partial charge in [-0.1, -0.05) is 26.0 Å². The van der Waals surface area contributed by atoms with Gasteiger partial charge in [0.1, 0.15) is 5.82 Å². The van der Waals surface area contributed by atoms with Gasteiger partial charge in [-0.15, -0.1) is 0 Å². The van der Waals surface area contributed by atoms with Crippen LogP contribution in [0.25, 0.3) is 0 Å². The summed E-state index contributed by atoms with van der Waals surface area (Å²) in [7, 11) is 0. The van der Waals surface area contributed by atoms with Gasteiger partial charge in [0.15, 0.2) is 0 Å². The van der Waals surface area contributed by atoms with Crippen LogP contribution >= 0.6 is 0 Å². The Morgan fingerprint density at radius 2 is 2.11 bits per heavy atom. The zero-order valence-electron chi connectivity index (χ0n) is 11.8. The van der Waals surface area contributed by atoms with Gasteiger partial charge >= 0.3 is 0 Å². The molecule has 0 radical (unpaired) electrons. The van der Waals surface area contributed by atoms with Crippen molar-refractivity contribution in [2.45, 2.75) is 46.0 Å². The van der Waals surface area contributed by atoms with Crippen LogP contribution in [0.4, 0.5) is 4.39 Å². The highest BCUT2D eigenvalue weighted by Gasteiger charge is 2.15. The minimum Gasteiger partial charge on any atom is -0.274 e. The number of benzene rings is 1. The Labute approximate surface area is 114 Å². The molecule has 106 valence electrons. The van der Waals surface area contributed by atoms with Gasteiger partial charge in [-0.05, 0) is 42.9 Å². The Kier molecular flexibility index (Phi) is 6.50. The molecule has 0 aliphatic heterocycles. The van der Waals surface area contributed by atoms with Crippen LogP contribution in [0.1, 0.15) is 50.7 Å². The van der Waals surface area contributed by atoms with E-state index in [1.54, 1.807) is 6.07 Å². The Balaban J connectivity index is 2.76. The molecule has 0 saturated heterocycles. The largest absolute Gasteiger partial charge is 0.274 e. The van der Waals surface area contributed by atoms with Crippen molar-refractivity contribution in [1.82, 2.24) is 5.48 Å². The number of rotatable bonds is 7. The molecular formula is C15H22FNO2. The van der Waals surface area contributed by atoms with E-state index in [0.29, 0.717) is 25.0 Å². The summed E-state index contributed by atoms with van der Waals surface area (Å²) < 4.78 is 13.5. The minimum absolute atomic E-state index is 0.0892. The second-order valence-electron chi connectivity index (χ2n) is 4.47. The lowest BCUT2D eigenvalue weighted by molar-refractivity contribution is -0.133. The Hall–Kier alpha value is -1.42. The molecule has 0 saturated carbocycles. The second-order valence-corrected chi connectivity index (χ2v) is 4.47. The number of nitrogens with one attached hydrogen (secondary N) is 1. The van der Waals surface area contributed by atoms with E-state index in [0.717, 1.165) is 12.0 Å². The maximum absolute atomic E-state index is 13.5. The van der Waals surface area contributed by atoms with Crippen molar-refractivity contribution in [2.75, 3.05) is 6.61 Å². The Bertz CT molecular complexity index is 421. The smallest absolute Gasteiger partial charge is 0.244 e. The van der Waals surface area contributed by atoms with Crippen LogP contribution in [0.2, 0.25) is 0 Å². The average molecular weight is 267 g/mol. The number of halogens is 1. The highest BCUT2D eigenvalue weighted by molar-refractivity contribution is 5.75. The number of amides is 1. The minimum atomic E-state index is -0.181. The third-order valence-electron chi connectivity index (χ3n) is 3.18. The topological polar surface area (TPSA) is 38.3 Å². The molecule has 1 atom stereocenters.